The lowest BCUT2D eigenvalue weighted by molar-refractivity contribution is 0.392. The van der Waals surface area contributed by atoms with Crippen molar-refractivity contribution in [1.29, 1.82) is 0 Å². The van der Waals surface area contributed by atoms with E-state index in [2.05, 4.69) is 24.0 Å². The number of hydrogen-bond acceptors (Lipinski definition) is 5. The fourth-order valence-electron chi connectivity index (χ4n) is 2.31. The van der Waals surface area contributed by atoms with Gasteiger partial charge in [0.1, 0.15) is 0 Å². The first-order chi connectivity index (χ1) is 8.84. The van der Waals surface area contributed by atoms with Crippen LogP contribution in [-0.4, -0.2) is 42.3 Å². The number of nitrogens with zero attached hydrogens (tertiary/aromatic N) is 3. The topological polar surface area (TPSA) is 76.3 Å². The maximum absolute atomic E-state index is 11.4. The number of rotatable bonds is 5. The Balaban J connectivity index is 1.90. The molecule has 0 saturated carbocycles. The molecule has 0 aromatic carbocycles. The quantitative estimate of drug-likeness (QED) is 0.810. The summed E-state index contributed by atoms with van der Waals surface area (Å²) < 4.78 is 30.0. The number of hydrogen-bond donors (Lipinski definition) is 0. The minimum absolute atomic E-state index is 0.280. The van der Waals surface area contributed by atoms with Crippen molar-refractivity contribution in [3.63, 3.8) is 0 Å². The Morgan fingerprint density at radius 3 is 2.63 bits per heavy atom. The van der Waals surface area contributed by atoms with E-state index in [-0.39, 0.29) is 5.92 Å². The van der Waals surface area contributed by atoms with Crippen LogP contribution >= 0.6 is 0 Å². The van der Waals surface area contributed by atoms with Crippen LogP contribution in [0.2, 0.25) is 0 Å². The van der Waals surface area contributed by atoms with Gasteiger partial charge in [0.2, 0.25) is 21.8 Å². The Bertz CT molecular complexity index is 524. The predicted octanol–water partition coefficient (Wildman–Crippen LogP) is 1.09. The molecule has 0 amide bonds. The highest BCUT2D eigenvalue weighted by molar-refractivity contribution is 7.88. The van der Waals surface area contributed by atoms with Crippen LogP contribution < -0.4 is 0 Å². The van der Waals surface area contributed by atoms with Crippen molar-refractivity contribution >= 4 is 10.0 Å². The lowest BCUT2D eigenvalue weighted by Crippen LogP contribution is -2.27. The summed E-state index contributed by atoms with van der Waals surface area (Å²) in [4.78, 5) is 0. The van der Waals surface area contributed by atoms with E-state index in [9.17, 15) is 8.42 Å². The molecule has 0 radical (unpaired) electrons. The van der Waals surface area contributed by atoms with Crippen LogP contribution in [-0.2, 0) is 22.9 Å². The third-order valence-electron chi connectivity index (χ3n) is 3.27. The molecule has 1 aromatic heterocycles. The van der Waals surface area contributed by atoms with Gasteiger partial charge in [0.25, 0.3) is 0 Å². The van der Waals surface area contributed by atoms with Crippen molar-refractivity contribution in [3.05, 3.63) is 11.8 Å². The number of aromatic nitrogens is 2. The highest BCUT2D eigenvalue weighted by atomic mass is 32.2. The lowest BCUT2D eigenvalue weighted by Gasteiger charge is -2.12. The summed E-state index contributed by atoms with van der Waals surface area (Å²) in [6.45, 7) is 5.35. The number of sulfonamides is 1. The average Bonchev–Trinajstić information content (AvgIpc) is 2.86. The van der Waals surface area contributed by atoms with Crippen LogP contribution in [0.5, 0.6) is 0 Å². The predicted molar refractivity (Wildman–Crippen MR) is 71.1 cm³/mol. The van der Waals surface area contributed by atoms with E-state index in [1.807, 2.05) is 0 Å². The van der Waals surface area contributed by atoms with Gasteiger partial charge in [-0.25, -0.2) is 12.7 Å². The second-order valence-corrected chi connectivity index (χ2v) is 7.65. The molecule has 108 valence electrons. The van der Waals surface area contributed by atoms with Gasteiger partial charge in [0, 0.05) is 25.9 Å². The molecule has 0 bridgehead atoms. The zero-order valence-corrected chi connectivity index (χ0v) is 12.5. The Kier molecular flexibility index (Phi) is 4.25. The minimum atomic E-state index is -3.07. The van der Waals surface area contributed by atoms with Crippen molar-refractivity contribution in [2.45, 2.75) is 33.1 Å². The maximum atomic E-state index is 11.4. The van der Waals surface area contributed by atoms with Crippen molar-refractivity contribution in [2.75, 3.05) is 19.3 Å². The van der Waals surface area contributed by atoms with Crippen LogP contribution in [0.3, 0.4) is 0 Å². The fourth-order valence-corrected chi connectivity index (χ4v) is 3.23. The van der Waals surface area contributed by atoms with Crippen molar-refractivity contribution < 1.29 is 12.8 Å². The first-order valence-corrected chi connectivity index (χ1v) is 8.46. The van der Waals surface area contributed by atoms with E-state index < -0.39 is 10.0 Å². The van der Waals surface area contributed by atoms with E-state index in [1.54, 1.807) is 0 Å². The van der Waals surface area contributed by atoms with Gasteiger partial charge in [-0.2, -0.15) is 0 Å². The third-order valence-corrected chi connectivity index (χ3v) is 4.54. The summed E-state index contributed by atoms with van der Waals surface area (Å²) in [6, 6.07) is 0. The molecule has 1 atom stereocenters. The third kappa shape index (κ3) is 4.01. The molecule has 1 aromatic rings. The van der Waals surface area contributed by atoms with Gasteiger partial charge in [-0.1, -0.05) is 13.8 Å². The summed E-state index contributed by atoms with van der Waals surface area (Å²) in [5, 5.41) is 8.05. The van der Waals surface area contributed by atoms with Gasteiger partial charge in [-0.15, -0.1) is 10.2 Å². The summed E-state index contributed by atoms with van der Waals surface area (Å²) in [6.07, 6.45) is 3.56. The summed E-state index contributed by atoms with van der Waals surface area (Å²) in [5.41, 5.74) is 0. The molecule has 1 aliphatic rings. The normalized spacial score (nSPS) is 21.4. The van der Waals surface area contributed by atoms with E-state index in [0.717, 1.165) is 12.8 Å². The largest absolute Gasteiger partial charge is 0.425 e. The second kappa shape index (κ2) is 5.58. The summed E-state index contributed by atoms with van der Waals surface area (Å²) in [5.74, 6) is 2.06. The zero-order chi connectivity index (χ0) is 14.0. The average molecular weight is 287 g/mol. The van der Waals surface area contributed by atoms with Crippen LogP contribution in [0.25, 0.3) is 0 Å². The molecule has 1 saturated heterocycles. The molecule has 1 unspecified atom stereocenters. The monoisotopic (exact) mass is 287 g/mol. The summed E-state index contributed by atoms with van der Waals surface area (Å²) >= 11 is 0. The van der Waals surface area contributed by atoms with E-state index >= 15 is 0 Å². The van der Waals surface area contributed by atoms with Crippen LogP contribution in [0.4, 0.5) is 0 Å². The first kappa shape index (κ1) is 14.5. The SMILES string of the molecule is CC(C)Cc1nnc(CC2CCN(S(C)(=O)=O)C2)o1. The van der Waals surface area contributed by atoms with Crippen molar-refractivity contribution in [1.82, 2.24) is 14.5 Å². The van der Waals surface area contributed by atoms with E-state index in [0.29, 0.717) is 37.2 Å². The zero-order valence-electron chi connectivity index (χ0n) is 11.7. The van der Waals surface area contributed by atoms with Crippen LogP contribution in [0, 0.1) is 11.8 Å². The van der Waals surface area contributed by atoms with Gasteiger partial charge in [-0.05, 0) is 18.3 Å². The standard InChI is InChI=1S/C12H21N3O3S/c1-9(2)6-11-13-14-12(18-11)7-10-4-5-15(8-10)19(3,16)17/h9-10H,4-8H2,1-3H3. The first-order valence-electron chi connectivity index (χ1n) is 6.61. The molecule has 0 spiro atoms. The van der Waals surface area contributed by atoms with E-state index in [4.69, 9.17) is 4.42 Å². The molecule has 0 aliphatic carbocycles. The smallest absolute Gasteiger partial charge is 0.216 e. The Hall–Kier alpha value is -0.950. The van der Waals surface area contributed by atoms with Gasteiger partial charge < -0.3 is 4.42 Å². The van der Waals surface area contributed by atoms with Crippen LogP contribution in [0.15, 0.2) is 4.42 Å². The summed E-state index contributed by atoms with van der Waals surface area (Å²) in [7, 11) is -3.07. The van der Waals surface area contributed by atoms with Gasteiger partial charge in [0.15, 0.2) is 0 Å². The molecule has 1 fully saturated rings. The minimum Gasteiger partial charge on any atom is -0.425 e. The molecule has 1 aliphatic heterocycles. The molecule has 0 N–H and O–H groups in total. The Labute approximate surface area is 114 Å². The molecule has 7 heteroatoms. The Morgan fingerprint density at radius 1 is 1.37 bits per heavy atom. The maximum Gasteiger partial charge on any atom is 0.216 e. The molecule has 6 nitrogen and oxygen atoms in total. The van der Waals surface area contributed by atoms with Gasteiger partial charge >= 0.3 is 0 Å². The Morgan fingerprint density at radius 2 is 2.05 bits per heavy atom. The molecular weight excluding hydrogens is 266 g/mol. The van der Waals surface area contributed by atoms with Crippen molar-refractivity contribution in [2.24, 2.45) is 11.8 Å². The van der Waals surface area contributed by atoms with Crippen molar-refractivity contribution in [3.8, 4) is 0 Å². The fraction of sp³-hybridized carbons (Fsp3) is 0.833. The van der Waals surface area contributed by atoms with Gasteiger partial charge in [0.05, 0.1) is 6.26 Å². The molecule has 2 heterocycles. The lowest BCUT2D eigenvalue weighted by atomic mass is 10.1. The highest BCUT2D eigenvalue weighted by Gasteiger charge is 2.29. The second-order valence-electron chi connectivity index (χ2n) is 5.67. The molecule has 19 heavy (non-hydrogen) atoms. The molecule has 2 rings (SSSR count). The van der Waals surface area contributed by atoms with Gasteiger partial charge in [-0.3, -0.25) is 0 Å². The molecular formula is C12H21N3O3S. The van der Waals surface area contributed by atoms with E-state index in [1.165, 1.54) is 10.6 Å². The van der Waals surface area contributed by atoms with Crippen LogP contribution in [0.1, 0.15) is 32.0 Å². The highest BCUT2D eigenvalue weighted by Crippen LogP contribution is 2.22.